The van der Waals surface area contributed by atoms with Crippen molar-refractivity contribution in [1.82, 2.24) is 0 Å². The third-order valence-electron chi connectivity index (χ3n) is 2.12. The maximum Gasteiger partial charge on any atom is 0.347 e. The highest BCUT2D eigenvalue weighted by Gasteiger charge is 2.33. The van der Waals surface area contributed by atoms with Crippen LogP contribution in [-0.4, -0.2) is 17.7 Å². The summed E-state index contributed by atoms with van der Waals surface area (Å²) in [4.78, 5) is 33.8. The van der Waals surface area contributed by atoms with E-state index in [1.807, 2.05) is 0 Å². The van der Waals surface area contributed by atoms with Crippen LogP contribution in [0.1, 0.15) is 31.1 Å². The zero-order valence-electron chi connectivity index (χ0n) is 7.65. The monoisotopic (exact) mass is 202 g/mol. The molecule has 0 atom stereocenters. The summed E-state index contributed by atoms with van der Waals surface area (Å²) in [6, 6.07) is 4.43. The second-order valence-corrected chi connectivity index (χ2v) is 2.97. The molecule has 1 aliphatic rings. The fourth-order valence-electron chi connectivity index (χ4n) is 1.45. The van der Waals surface area contributed by atoms with Crippen LogP contribution in [0.2, 0.25) is 0 Å². The van der Waals surface area contributed by atoms with Gasteiger partial charge in [0.2, 0.25) is 0 Å². The number of hydrogen-bond acceptors (Lipinski definition) is 4. The molecule has 1 aromatic carbocycles. The van der Waals surface area contributed by atoms with Gasteiger partial charge >= 0.3 is 11.9 Å². The zero-order chi connectivity index (χ0) is 11.0. The van der Waals surface area contributed by atoms with Crippen LogP contribution in [-0.2, 0) is 4.74 Å². The van der Waals surface area contributed by atoms with Crippen LogP contribution in [0.3, 0.4) is 0 Å². The lowest BCUT2D eigenvalue weighted by molar-refractivity contribution is 0.0442. The van der Waals surface area contributed by atoms with Gasteiger partial charge in [-0.25, -0.2) is 9.59 Å². The molecule has 74 valence electrons. The molecule has 0 aromatic heterocycles. The van der Waals surface area contributed by atoms with E-state index < -0.39 is 17.7 Å². The molecule has 15 heavy (non-hydrogen) atoms. The molecule has 1 aliphatic heterocycles. The third kappa shape index (κ3) is 1.27. The number of hydrogen-bond donors (Lipinski definition) is 0. The molecule has 0 radical (unpaired) electrons. The summed E-state index contributed by atoms with van der Waals surface area (Å²) < 4.78 is 4.40. The summed E-state index contributed by atoms with van der Waals surface area (Å²) in [5.74, 6) is -1.90. The van der Waals surface area contributed by atoms with Gasteiger partial charge in [-0.15, -0.1) is 0 Å². The average molecular weight is 202 g/mol. The molecule has 1 heterocycles. The zero-order valence-corrected chi connectivity index (χ0v) is 7.65. The molecule has 0 N–H and O–H groups in total. The van der Waals surface area contributed by atoms with Crippen molar-refractivity contribution in [2.24, 2.45) is 0 Å². The quantitative estimate of drug-likeness (QED) is 0.314. The normalized spacial score (nSPS) is 13.3. The minimum atomic E-state index is -0.777. The Kier molecular flexibility index (Phi) is 1.97. The molecule has 0 amide bonds. The second-order valence-electron chi connectivity index (χ2n) is 2.97. The Hall–Kier alpha value is -2.23. The largest absolute Gasteiger partial charge is 0.386 e. The van der Waals surface area contributed by atoms with E-state index in [9.17, 15) is 14.4 Å². The summed E-state index contributed by atoms with van der Waals surface area (Å²) in [7, 11) is 0. The van der Waals surface area contributed by atoms with E-state index in [4.69, 9.17) is 0 Å². The average Bonchev–Trinajstić information content (AvgIpc) is 2.54. The van der Waals surface area contributed by atoms with E-state index in [1.54, 1.807) is 0 Å². The van der Waals surface area contributed by atoms with Crippen molar-refractivity contribution >= 4 is 17.7 Å². The number of allylic oxidation sites excluding steroid dienone is 1. The number of carbonyl (C=O) groups excluding carboxylic acids is 3. The molecule has 0 unspecified atom stereocenters. The highest BCUT2D eigenvalue weighted by Crippen LogP contribution is 2.23. The van der Waals surface area contributed by atoms with Gasteiger partial charge in [-0.3, -0.25) is 4.79 Å². The number of ketones is 1. The Morgan fingerprint density at radius 3 is 2.67 bits per heavy atom. The number of benzene rings is 1. The van der Waals surface area contributed by atoms with Gasteiger partial charge in [-0.2, -0.15) is 0 Å². The first-order chi connectivity index (χ1) is 7.15. The predicted octanol–water partition coefficient (Wildman–Crippen LogP) is 1.37. The summed E-state index contributed by atoms with van der Waals surface area (Å²) in [6.07, 6.45) is 1.09. The van der Waals surface area contributed by atoms with E-state index in [2.05, 4.69) is 11.3 Å². The van der Waals surface area contributed by atoms with E-state index >= 15 is 0 Å². The molecule has 1 aromatic rings. The highest BCUT2D eigenvalue weighted by atomic mass is 16.6. The van der Waals surface area contributed by atoms with E-state index in [-0.39, 0.29) is 16.7 Å². The number of fused-ring (bicyclic) bond motifs is 1. The van der Waals surface area contributed by atoms with Gasteiger partial charge in [0.25, 0.3) is 0 Å². The first-order valence-electron chi connectivity index (χ1n) is 4.21. The maximum absolute atomic E-state index is 11.4. The molecule has 4 nitrogen and oxygen atoms in total. The summed E-state index contributed by atoms with van der Waals surface area (Å²) >= 11 is 0. The Morgan fingerprint density at radius 2 is 2.00 bits per heavy atom. The number of rotatable bonds is 2. The van der Waals surface area contributed by atoms with Crippen molar-refractivity contribution in [1.29, 1.82) is 0 Å². The van der Waals surface area contributed by atoms with Crippen LogP contribution in [0.25, 0.3) is 0 Å². The lowest BCUT2D eigenvalue weighted by atomic mass is 10.00. The van der Waals surface area contributed by atoms with Crippen LogP contribution in [0, 0.1) is 0 Å². The summed E-state index contributed by atoms with van der Waals surface area (Å²) in [5, 5.41) is 0. The van der Waals surface area contributed by atoms with Crippen molar-refractivity contribution in [3.63, 3.8) is 0 Å². The van der Waals surface area contributed by atoms with Crippen LogP contribution in [0.4, 0.5) is 0 Å². The van der Waals surface area contributed by atoms with Crippen molar-refractivity contribution in [2.45, 2.75) is 0 Å². The predicted molar refractivity (Wildman–Crippen MR) is 50.7 cm³/mol. The molecule has 0 fully saturated rings. The smallest absolute Gasteiger partial charge is 0.347 e. The van der Waals surface area contributed by atoms with Gasteiger partial charge in [0.1, 0.15) is 0 Å². The van der Waals surface area contributed by atoms with Crippen molar-refractivity contribution < 1.29 is 19.1 Å². The van der Waals surface area contributed by atoms with Gasteiger partial charge in [-0.1, -0.05) is 18.7 Å². The standard InChI is InChI=1S/C11H6O4/c1-2-8(12)6-4-3-5-7-9(6)11(14)15-10(7)13/h2-5H,1H2. The summed E-state index contributed by atoms with van der Waals surface area (Å²) in [6.45, 7) is 3.32. The fourth-order valence-corrected chi connectivity index (χ4v) is 1.45. The molecule has 4 heteroatoms. The second kappa shape index (κ2) is 3.16. The molecule has 0 aliphatic carbocycles. The highest BCUT2D eigenvalue weighted by molar-refractivity contribution is 6.21. The molecular weight excluding hydrogens is 196 g/mol. The van der Waals surface area contributed by atoms with E-state index in [1.165, 1.54) is 18.2 Å². The lowest BCUT2D eigenvalue weighted by Gasteiger charge is -1.99. The van der Waals surface area contributed by atoms with Crippen LogP contribution < -0.4 is 0 Å². The number of ether oxygens (including phenoxy) is 1. The Morgan fingerprint density at radius 1 is 1.27 bits per heavy atom. The number of cyclic esters (lactones) is 2. The Bertz CT molecular complexity index is 499. The topological polar surface area (TPSA) is 60.4 Å². The third-order valence-corrected chi connectivity index (χ3v) is 2.12. The molecule has 2 rings (SSSR count). The number of esters is 2. The maximum atomic E-state index is 11.4. The van der Waals surface area contributed by atoms with Gasteiger partial charge < -0.3 is 4.74 Å². The molecular formula is C11H6O4. The first-order valence-corrected chi connectivity index (χ1v) is 4.21. The van der Waals surface area contributed by atoms with Crippen LogP contribution in [0.15, 0.2) is 30.9 Å². The Balaban J connectivity index is 2.70. The van der Waals surface area contributed by atoms with Crippen molar-refractivity contribution in [2.75, 3.05) is 0 Å². The minimum absolute atomic E-state index is 0.0346. The van der Waals surface area contributed by atoms with E-state index in [0.29, 0.717) is 0 Å². The van der Waals surface area contributed by atoms with Gasteiger partial charge in [0, 0.05) is 5.56 Å². The van der Waals surface area contributed by atoms with Crippen LogP contribution in [0.5, 0.6) is 0 Å². The van der Waals surface area contributed by atoms with Gasteiger partial charge in [0.15, 0.2) is 5.78 Å². The Labute approximate surface area is 85.2 Å². The lowest BCUT2D eigenvalue weighted by Crippen LogP contribution is -2.04. The minimum Gasteiger partial charge on any atom is -0.386 e. The SMILES string of the molecule is C=CC(=O)c1cccc2c1C(=O)OC2=O. The fraction of sp³-hybridized carbons (Fsp3) is 0. The van der Waals surface area contributed by atoms with Gasteiger partial charge in [-0.05, 0) is 12.1 Å². The van der Waals surface area contributed by atoms with E-state index in [0.717, 1.165) is 6.08 Å². The summed E-state index contributed by atoms with van der Waals surface area (Å²) in [5.41, 5.74) is 0.318. The number of carbonyl (C=O) groups is 3. The van der Waals surface area contributed by atoms with Crippen molar-refractivity contribution in [3.8, 4) is 0 Å². The van der Waals surface area contributed by atoms with Crippen molar-refractivity contribution in [3.05, 3.63) is 47.5 Å². The molecule has 0 bridgehead atoms. The molecule has 0 spiro atoms. The molecule has 0 saturated carbocycles. The van der Waals surface area contributed by atoms with Crippen LogP contribution >= 0.6 is 0 Å². The first kappa shape index (κ1) is 9.33. The molecule has 0 saturated heterocycles. The van der Waals surface area contributed by atoms with Gasteiger partial charge in [0.05, 0.1) is 11.1 Å².